The SMILES string of the molecule is C=CC(=O)N1CC2(CCN(c3nc4cc(-c5ccnn5C)ccc4c(-c4cc(O)c(F)cc4Cl)c3C)C2)C1. The zero-order chi connectivity index (χ0) is 26.8. The Morgan fingerprint density at radius 3 is 2.71 bits per heavy atom. The van der Waals surface area contributed by atoms with Gasteiger partial charge in [0.05, 0.1) is 16.2 Å². The highest BCUT2D eigenvalue weighted by Gasteiger charge is 2.49. The van der Waals surface area contributed by atoms with Crippen LogP contribution in [0.3, 0.4) is 0 Å². The predicted octanol–water partition coefficient (Wildman–Crippen LogP) is 5.33. The molecule has 38 heavy (non-hydrogen) atoms. The normalized spacial score (nSPS) is 16.3. The zero-order valence-electron chi connectivity index (χ0n) is 21.2. The molecule has 0 atom stereocenters. The maximum atomic E-state index is 14.1. The number of pyridine rings is 1. The van der Waals surface area contributed by atoms with Gasteiger partial charge in [0.2, 0.25) is 5.91 Å². The van der Waals surface area contributed by atoms with Gasteiger partial charge in [-0.2, -0.15) is 5.10 Å². The van der Waals surface area contributed by atoms with E-state index in [1.54, 1.807) is 6.20 Å². The number of amides is 1. The van der Waals surface area contributed by atoms with Gasteiger partial charge in [-0.3, -0.25) is 9.48 Å². The molecule has 0 saturated carbocycles. The van der Waals surface area contributed by atoms with Crippen LogP contribution in [0.2, 0.25) is 5.02 Å². The number of carbonyl (C=O) groups is 1. The molecule has 0 radical (unpaired) electrons. The third-order valence-electron chi connectivity index (χ3n) is 7.90. The van der Waals surface area contributed by atoms with E-state index in [9.17, 15) is 14.3 Å². The van der Waals surface area contributed by atoms with E-state index < -0.39 is 11.6 Å². The van der Waals surface area contributed by atoms with Crippen molar-refractivity contribution in [2.75, 3.05) is 31.1 Å². The van der Waals surface area contributed by atoms with Gasteiger partial charge in [0, 0.05) is 66.9 Å². The molecule has 7 nitrogen and oxygen atoms in total. The Hall–Kier alpha value is -3.91. The third-order valence-corrected chi connectivity index (χ3v) is 8.22. The largest absolute Gasteiger partial charge is 0.505 e. The van der Waals surface area contributed by atoms with Crippen LogP contribution in [0, 0.1) is 18.2 Å². The smallest absolute Gasteiger partial charge is 0.245 e. The number of aryl methyl sites for hydroxylation is 1. The molecular weight excluding hydrogens is 505 g/mol. The summed E-state index contributed by atoms with van der Waals surface area (Å²) in [6.07, 6.45) is 4.07. The standard InChI is InChI=1S/C29H27ClFN5O2/c1-4-26(38)36-15-29(16-36)8-10-35(14-29)28-17(2)27(20-12-25(37)22(31)13-21(20)30)19-6-5-18(11-23(19)33-28)24-7-9-32-34(24)3/h4-7,9,11-13,37H,1,8,10,14-16H2,2-3H3. The van der Waals surface area contributed by atoms with Gasteiger partial charge in [0.1, 0.15) is 5.82 Å². The van der Waals surface area contributed by atoms with E-state index in [1.807, 2.05) is 47.8 Å². The molecule has 2 aliphatic rings. The van der Waals surface area contributed by atoms with Crippen molar-refractivity contribution < 1.29 is 14.3 Å². The van der Waals surface area contributed by atoms with Crippen molar-refractivity contribution in [3.63, 3.8) is 0 Å². The lowest BCUT2D eigenvalue weighted by molar-refractivity contribution is -0.136. The third kappa shape index (κ3) is 3.82. The highest BCUT2D eigenvalue weighted by atomic mass is 35.5. The topological polar surface area (TPSA) is 74.5 Å². The lowest BCUT2D eigenvalue weighted by Gasteiger charge is -2.47. The van der Waals surface area contributed by atoms with E-state index in [-0.39, 0.29) is 16.3 Å². The Morgan fingerprint density at radius 2 is 2.00 bits per heavy atom. The van der Waals surface area contributed by atoms with Gasteiger partial charge in [-0.15, -0.1) is 0 Å². The number of aromatic hydroxyl groups is 1. The highest BCUT2D eigenvalue weighted by molar-refractivity contribution is 6.34. The zero-order valence-corrected chi connectivity index (χ0v) is 22.0. The summed E-state index contributed by atoms with van der Waals surface area (Å²) >= 11 is 6.55. The Morgan fingerprint density at radius 1 is 1.21 bits per heavy atom. The minimum atomic E-state index is -0.765. The fourth-order valence-electron chi connectivity index (χ4n) is 5.97. The summed E-state index contributed by atoms with van der Waals surface area (Å²) in [5, 5.41) is 15.6. The monoisotopic (exact) mass is 531 g/mol. The van der Waals surface area contributed by atoms with Gasteiger partial charge in [-0.05, 0) is 49.2 Å². The number of likely N-dealkylation sites (tertiary alicyclic amines) is 1. The average molecular weight is 532 g/mol. The number of aromatic nitrogens is 3. The van der Waals surface area contributed by atoms with Crippen LogP contribution < -0.4 is 4.90 Å². The molecule has 2 aromatic carbocycles. The molecule has 2 fully saturated rings. The summed E-state index contributed by atoms with van der Waals surface area (Å²) in [4.78, 5) is 21.3. The number of anilines is 1. The maximum absolute atomic E-state index is 14.1. The van der Waals surface area contributed by atoms with Crippen LogP contribution in [0.25, 0.3) is 33.3 Å². The molecule has 0 aliphatic carbocycles. The molecule has 0 bridgehead atoms. The van der Waals surface area contributed by atoms with Crippen molar-refractivity contribution >= 4 is 34.2 Å². The van der Waals surface area contributed by atoms with Gasteiger partial charge >= 0.3 is 0 Å². The van der Waals surface area contributed by atoms with Crippen LogP contribution in [-0.4, -0.2) is 56.9 Å². The molecule has 4 heterocycles. The van der Waals surface area contributed by atoms with E-state index in [2.05, 4.69) is 16.6 Å². The summed E-state index contributed by atoms with van der Waals surface area (Å²) in [6.45, 7) is 8.58. The van der Waals surface area contributed by atoms with Crippen LogP contribution in [0.4, 0.5) is 10.2 Å². The molecule has 2 aromatic heterocycles. The van der Waals surface area contributed by atoms with E-state index in [1.165, 1.54) is 12.1 Å². The molecule has 9 heteroatoms. The molecule has 2 aliphatic heterocycles. The van der Waals surface area contributed by atoms with Crippen molar-refractivity contribution in [1.82, 2.24) is 19.7 Å². The number of fused-ring (bicyclic) bond motifs is 1. The first kappa shape index (κ1) is 24.4. The summed E-state index contributed by atoms with van der Waals surface area (Å²) < 4.78 is 15.9. The fraction of sp³-hybridized carbons (Fsp3) is 0.276. The number of phenolic OH excluding ortho intramolecular Hbond substituents is 1. The van der Waals surface area contributed by atoms with Gasteiger partial charge in [-0.1, -0.05) is 30.3 Å². The number of phenols is 1. The van der Waals surface area contributed by atoms with E-state index in [4.69, 9.17) is 16.6 Å². The summed E-state index contributed by atoms with van der Waals surface area (Å²) in [7, 11) is 1.89. The maximum Gasteiger partial charge on any atom is 0.245 e. The molecule has 1 N–H and O–H groups in total. The van der Waals surface area contributed by atoms with Gasteiger partial charge in [0.25, 0.3) is 0 Å². The van der Waals surface area contributed by atoms with Gasteiger partial charge in [-0.25, -0.2) is 9.37 Å². The number of hydrogen-bond donors (Lipinski definition) is 1. The lowest BCUT2D eigenvalue weighted by atomic mass is 9.79. The number of rotatable bonds is 4. The summed E-state index contributed by atoms with van der Waals surface area (Å²) in [5.74, 6) is -0.438. The first-order valence-corrected chi connectivity index (χ1v) is 12.8. The van der Waals surface area contributed by atoms with Gasteiger partial charge < -0.3 is 14.9 Å². The van der Waals surface area contributed by atoms with Gasteiger partial charge in [0.15, 0.2) is 11.6 Å². The van der Waals surface area contributed by atoms with Crippen LogP contribution >= 0.6 is 11.6 Å². The molecule has 0 unspecified atom stereocenters. The number of benzene rings is 2. The van der Waals surface area contributed by atoms with Crippen molar-refractivity contribution in [1.29, 1.82) is 0 Å². The number of carbonyl (C=O) groups excluding carboxylic acids is 1. The van der Waals surface area contributed by atoms with Crippen molar-refractivity contribution in [3.05, 3.63) is 71.7 Å². The van der Waals surface area contributed by atoms with Crippen LogP contribution in [0.15, 0.2) is 55.3 Å². The quantitative estimate of drug-likeness (QED) is 0.360. The molecule has 1 amide bonds. The van der Waals surface area contributed by atoms with Crippen molar-refractivity contribution in [2.24, 2.45) is 12.5 Å². The number of nitrogens with zero attached hydrogens (tertiary/aromatic N) is 5. The Balaban J connectivity index is 1.49. The van der Waals surface area contributed by atoms with Crippen LogP contribution in [0.1, 0.15) is 12.0 Å². The molecule has 6 rings (SSSR count). The molecule has 194 valence electrons. The first-order valence-electron chi connectivity index (χ1n) is 12.5. The molecule has 2 saturated heterocycles. The minimum absolute atomic E-state index is 0.0320. The lowest BCUT2D eigenvalue weighted by Crippen LogP contribution is -2.59. The highest BCUT2D eigenvalue weighted by Crippen LogP contribution is 2.45. The second-order valence-electron chi connectivity index (χ2n) is 10.4. The van der Waals surface area contributed by atoms with Crippen LogP contribution in [-0.2, 0) is 11.8 Å². The Bertz CT molecular complexity index is 1630. The number of hydrogen-bond acceptors (Lipinski definition) is 5. The van der Waals surface area contributed by atoms with E-state index in [0.29, 0.717) is 18.7 Å². The molecule has 4 aromatic rings. The first-order chi connectivity index (χ1) is 18.2. The average Bonchev–Trinajstić information content (AvgIpc) is 3.51. The predicted molar refractivity (Wildman–Crippen MR) is 147 cm³/mol. The second-order valence-corrected chi connectivity index (χ2v) is 10.8. The number of halogens is 2. The van der Waals surface area contributed by atoms with Crippen molar-refractivity contribution in [2.45, 2.75) is 13.3 Å². The van der Waals surface area contributed by atoms with E-state index in [0.717, 1.165) is 64.7 Å². The fourth-order valence-corrected chi connectivity index (χ4v) is 6.22. The second kappa shape index (κ2) is 8.84. The molecule has 1 spiro atoms. The Kier molecular flexibility index (Phi) is 5.68. The summed E-state index contributed by atoms with van der Waals surface area (Å²) in [6, 6.07) is 10.5. The Labute approximate surface area is 224 Å². The van der Waals surface area contributed by atoms with E-state index >= 15 is 0 Å². The van der Waals surface area contributed by atoms with Crippen molar-refractivity contribution in [3.8, 4) is 28.1 Å². The summed E-state index contributed by atoms with van der Waals surface area (Å²) in [5.41, 5.74) is 4.96. The molecular formula is C29H27ClFN5O2. The minimum Gasteiger partial charge on any atom is -0.505 e. The van der Waals surface area contributed by atoms with Crippen LogP contribution in [0.5, 0.6) is 5.75 Å².